The molecule has 1 aromatic carbocycles. The molecule has 0 atom stereocenters. The average molecular weight is 261 g/mol. The number of nitrogens with one attached hydrogen (secondary N) is 2. The van der Waals surface area contributed by atoms with E-state index >= 15 is 0 Å². The zero-order chi connectivity index (χ0) is 13.8. The summed E-state index contributed by atoms with van der Waals surface area (Å²) in [5.74, 6) is -0.497. The molecule has 3 N–H and O–H groups in total. The highest BCUT2D eigenvalue weighted by molar-refractivity contribution is 6.00. The second-order valence-electron chi connectivity index (χ2n) is 3.93. The fraction of sp³-hybridized carbons (Fsp3) is 0.0769. The van der Waals surface area contributed by atoms with Gasteiger partial charge in [-0.3, -0.25) is 4.98 Å². The molecule has 0 bridgehead atoms. The molecule has 19 heavy (non-hydrogen) atoms. The molecule has 0 saturated heterocycles. The van der Waals surface area contributed by atoms with Crippen molar-refractivity contribution >= 4 is 17.4 Å². The Morgan fingerprint density at radius 3 is 2.68 bits per heavy atom. The van der Waals surface area contributed by atoms with E-state index in [0.717, 1.165) is 6.20 Å². The Labute approximate surface area is 109 Å². The zero-order valence-electron chi connectivity index (χ0n) is 10.1. The SMILES string of the molecule is Cc1cc(O)ccc1NC(=O)Nc1ccncc1F. The molecule has 0 unspecified atom stereocenters. The van der Waals surface area contributed by atoms with Crippen LogP contribution in [0.2, 0.25) is 0 Å². The molecule has 1 aromatic heterocycles. The minimum Gasteiger partial charge on any atom is -0.508 e. The number of benzene rings is 1. The van der Waals surface area contributed by atoms with Crippen molar-refractivity contribution in [1.82, 2.24) is 4.98 Å². The topological polar surface area (TPSA) is 74.2 Å². The van der Waals surface area contributed by atoms with Crippen LogP contribution in [0.3, 0.4) is 0 Å². The lowest BCUT2D eigenvalue weighted by atomic mass is 10.2. The van der Waals surface area contributed by atoms with Crippen LogP contribution in [-0.2, 0) is 0 Å². The van der Waals surface area contributed by atoms with Crippen LogP contribution >= 0.6 is 0 Å². The van der Waals surface area contributed by atoms with Gasteiger partial charge >= 0.3 is 6.03 Å². The number of amides is 2. The number of urea groups is 1. The van der Waals surface area contributed by atoms with E-state index in [9.17, 15) is 14.3 Å². The molecule has 2 amide bonds. The van der Waals surface area contributed by atoms with Gasteiger partial charge in [0.05, 0.1) is 11.9 Å². The van der Waals surface area contributed by atoms with E-state index in [-0.39, 0.29) is 11.4 Å². The van der Waals surface area contributed by atoms with E-state index in [1.54, 1.807) is 13.0 Å². The second kappa shape index (κ2) is 5.34. The molecular formula is C13H12FN3O2. The van der Waals surface area contributed by atoms with E-state index in [4.69, 9.17) is 0 Å². The number of phenols is 1. The van der Waals surface area contributed by atoms with Crippen LogP contribution in [0.1, 0.15) is 5.56 Å². The molecule has 0 spiro atoms. The minimum absolute atomic E-state index is 0.0453. The van der Waals surface area contributed by atoms with Crippen molar-refractivity contribution in [2.24, 2.45) is 0 Å². The van der Waals surface area contributed by atoms with E-state index in [1.807, 2.05) is 0 Å². The first kappa shape index (κ1) is 12.8. The van der Waals surface area contributed by atoms with E-state index < -0.39 is 11.8 Å². The van der Waals surface area contributed by atoms with Crippen LogP contribution in [-0.4, -0.2) is 16.1 Å². The Hall–Kier alpha value is -2.63. The largest absolute Gasteiger partial charge is 0.508 e. The van der Waals surface area contributed by atoms with Gasteiger partial charge in [-0.05, 0) is 36.8 Å². The number of aromatic hydroxyl groups is 1. The van der Waals surface area contributed by atoms with Crippen molar-refractivity contribution < 1.29 is 14.3 Å². The Morgan fingerprint density at radius 2 is 2.00 bits per heavy atom. The molecule has 6 heteroatoms. The van der Waals surface area contributed by atoms with Gasteiger partial charge < -0.3 is 15.7 Å². The molecule has 0 aliphatic rings. The van der Waals surface area contributed by atoms with Crippen LogP contribution in [0.4, 0.5) is 20.6 Å². The molecule has 5 nitrogen and oxygen atoms in total. The molecule has 0 radical (unpaired) electrons. The summed E-state index contributed by atoms with van der Waals surface area (Å²) in [4.78, 5) is 15.3. The lowest BCUT2D eigenvalue weighted by Crippen LogP contribution is -2.20. The Kier molecular flexibility index (Phi) is 3.61. The number of rotatable bonds is 2. The van der Waals surface area contributed by atoms with Gasteiger partial charge in [-0.15, -0.1) is 0 Å². The van der Waals surface area contributed by atoms with Gasteiger partial charge in [0.2, 0.25) is 0 Å². The van der Waals surface area contributed by atoms with Gasteiger partial charge in [0, 0.05) is 11.9 Å². The van der Waals surface area contributed by atoms with Gasteiger partial charge in [-0.25, -0.2) is 9.18 Å². The first-order valence-electron chi connectivity index (χ1n) is 5.53. The van der Waals surface area contributed by atoms with Crippen molar-refractivity contribution in [2.45, 2.75) is 6.92 Å². The van der Waals surface area contributed by atoms with Crippen molar-refractivity contribution in [3.05, 3.63) is 48.0 Å². The highest BCUT2D eigenvalue weighted by Crippen LogP contribution is 2.20. The maximum atomic E-state index is 13.3. The van der Waals surface area contributed by atoms with Gasteiger partial charge in [0.15, 0.2) is 5.82 Å². The normalized spacial score (nSPS) is 10.0. The number of hydrogen-bond acceptors (Lipinski definition) is 3. The second-order valence-corrected chi connectivity index (χ2v) is 3.93. The Balaban J connectivity index is 2.08. The third-order valence-corrected chi connectivity index (χ3v) is 2.48. The molecule has 0 aliphatic heterocycles. The molecule has 0 saturated carbocycles. The smallest absolute Gasteiger partial charge is 0.323 e. The summed E-state index contributed by atoms with van der Waals surface area (Å²) in [6.45, 7) is 1.74. The van der Waals surface area contributed by atoms with Crippen LogP contribution in [0.15, 0.2) is 36.7 Å². The van der Waals surface area contributed by atoms with Crippen molar-refractivity contribution in [2.75, 3.05) is 10.6 Å². The molecule has 2 rings (SSSR count). The summed E-state index contributed by atoms with van der Waals surface area (Å²) in [5.41, 5.74) is 1.28. The number of hydrogen-bond donors (Lipinski definition) is 3. The Morgan fingerprint density at radius 1 is 1.26 bits per heavy atom. The van der Waals surface area contributed by atoms with Gasteiger partial charge in [-0.2, -0.15) is 0 Å². The standard InChI is InChI=1S/C13H12FN3O2/c1-8-6-9(18)2-3-11(8)16-13(19)17-12-4-5-15-7-10(12)14/h2-7,18H,1H3,(H2,15,16,17,19). The minimum atomic E-state index is -0.611. The number of pyridine rings is 1. The first-order valence-corrected chi connectivity index (χ1v) is 5.53. The fourth-order valence-electron chi connectivity index (χ4n) is 1.54. The fourth-order valence-corrected chi connectivity index (χ4v) is 1.54. The molecule has 98 valence electrons. The van der Waals surface area contributed by atoms with Gasteiger partial charge in [0.1, 0.15) is 5.75 Å². The molecule has 0 aliphatic carbocycles. The Bertz CT molecular complexity index is 617. The summed E-state index contributed by atoms with van der Waals surface area (Å²) in [5, 5.41) is 14.2. The predicted molar refractivity (Wildman–Crippen MR) is 69.7 cm³/mol. The first-order chi connectivity index (χ1) is 9.06. The molecule has 0 fully saturated rings. The quantitative estimate of drug-likeness (QED) is 0.728. The van der Waals surface area contributed by atoms with Crippen LogP contribution in [0, 0.1) is 12.7 Å². The number of halogens is 1. The van der Waals surface area contributed by atoms with E-state index in [0.29, 0.717) is 11.3 Å². The summed E-state index contributed by atoms with van der Waals surface area (Å²) in [7, 11) is 0. The maximum absolute atomic E-state index is 13.3. The zero-order valence-corrected chi connectivity index (χ0v) is 10.1. The number of carbonyl (C=O) groups excluding carboxylic acids is 1. The predicted octanol–water partition coefficient (Wildman–Crippen LogP) is 2.88. The van der Waals surface area contributed by atoms with Crippen molar-refractivity contribution in [3.8, 4) is 5.75 Å². The lowest BCUT2D eigenvalue weighted by Gasteiger charge is -2.10. The highest BCUT2D eigenvalue weighted by atomic mass is 19.1. The lowest BCUT2D eigenvalue weighted by molar-refractivity contribution is 0.262. The third-order valence-electron chi connectivity index (χ3n) is 2.48. The van der Waals surface area contributed by atoms with Gasteiger partial charge in [-0.1, -0.05) is 0 Å². The van der Waals surface area contributed by atoms with Gasteiger partial charge in [0.25, 0.3) is 0 Å². The van der Waals surface area contributed by atoms with Crippen molar-refractivity contribution in [3.63, 3.8) is 0 Å². The number of phenolic OH excluding ortho intramolecular Hbond substituents is 1. The van der Waals surface area contributed by atoms with Crippen LogP contribution in [0.5, 0.6) is 5.75 Å². The third kappa shape index (κ3) is 3.19. The molecule has 1 heterocycles. The summed E-state index contributed by atoms with van der Waals surface area (Å²) >= 11 is 0. The summed E-state index contributed by atoms with van der Waals surface area (Å²) in [6, 6.07) is 5.32. The highest BCUT2D eigenvalue weighted by Gasteiger charge is 2.08. The molecular weight excluding hydrogens is 249 g/mol. The molecule has 2 aromatic rings. The number of aromatic nitrogens is 1. The van der Waals surface area contributed by atoms with Crippen molar-refractivity contribution in [1.29, 1.82) is 0 Å². The van der Waals surface area contributed by atoms with Crippen LogP contribution < -0.4 is 10.6 Å². The summed E-state index contributed by atoms with van der Waals surface area (Å²) < 4.78 is 13.3. The monoisotopic (exact) mass is 261 g/mol. The number of nitrogens with zero attached hydrogens (tertiary/aromatic N) is 1. The number of carbonyl (C=O) groups is 1. The van der Waals surface area contributed by atoms with Crippen LogP contribution in [0.25, 0.3) is 0 Å². The number of anilines is 2. The van der Waals surface area contributed by atoms with E-state index in [1.165, 1.54) is 24.4 Å². The summed E-state index contributed by atoms with van der Waals surface area (Å²) in [6.07, 6.45) is 2.39. The maximum Gasteiger partial charge on any atom is 0.323 e. The average Bonchev–Trinajstić information content (AvgIpc) is 2.36. The number of aryl methyl sites for hydroxylation is 1. The van der Waals surface area contributed by atoms with E-state index in [2.05, 4.69) is 15.6 Å².